The Morgan fingerprint density at radius 1 is 1.24 bits per heavy atom. The van der Waals surface area contributed by atoms with Crippen molar-refractivity contribution in [3.05, 3.63) is 57.0 Å². The molecule has 1 aromatic carbocycles. The molecule has 3 heterocycles. The van der Waals surface area contributed by atoms with Crippen molar-refractivity contribution < 1.29 is 22.8 Å². The Bertz CT molecular complexity index is 1310. The van der Waals surface area contributed by atoms with Crippen molar-refractivity contribution in [1.82, 2.24) is 14.5 Å². The summed E-state index contributed by atoms with van der Waals surface area (Å²) in [7, 11) is 0. The second kappa shape index (κ2) is 9.21. The molecule has 2 amide bonds. The lowest BCUT2D eigenvalue weighted by molar-refractivity contribution is -0.137. The van der Waals surface area contributed by atoms with Crippen LogP contribution < -0.4 is 10.9 Å². The maximum Gasteiger partial charge on any atom is 0.416 e. The summed E-state index contributed by atoms with van der Waals surface area (Å²) < 4.78 is 40.1. The third kappa shape index (κ3) is 4.84. The Labute approximate surface area is 197 Å². The van der Waals surface area contributed by atoms with Gasteiger partial charge in [-0.3, -0.25) is 19.0 Å². The largest absolute Gasteiger partial charge is 0.416 e. The highest BCUT2D eigenvalue weighted by Gasteiger charge is 2.30. The van der Waals surface area contributed by atoms with E-state index in [1.54, 1.807) is 11.8 Å². The number of aromatic nitrogens is 2. The molecule has 0 saturated carbocycles. The molecule has 1 fully saturated rings. The molecular formula is C23H23F3N4O3S. The molecule has 1 aliphatic rings. The first-order valence-corrected chi connectivity index (χ1v) is 11.6. The summed E-state index contributed by atoms with van der Waals surface area (Å²) in [5.41, 5.74) is -0.953. The third-order valence-electron chi connectivity index (χ3n) is 6.01. The quantitative estimate of drug-likeness (QED) is 0.589. The van der Waals surface area contributed by atoms with E-state index in [0.717, 1.165) is 36.3 Å². The van der Waals surface area contributed by atoms with Crippen molar-refractivity contribution in [2.75, 3.05) is 18.4 Å². The Kier molecular flexibility index (Phi) is 6.48. The number of halogens is 3. The molecule has 1 aliphatic heterocycles. The normalized spacial score (nSPS) is 15.0. The van der Waals surface area contributed by atoms with Gasteiger partial charge >= 0.3 is 6.18 Å². The Morgan fingerprint density at radius 2 is 1.94 bits per heavy atom. The van der Waals surface area contributed by atoms with Gasteiger partial charge in [0.1, 0.15) is 11.4 Å². The van der Waals surface area contributed by atoms with Gasteiger partial charge < -0.3 is 10.2 Å². The van der Waals surface area contributed by atoms with Crippen LogP contribution in [0.3, 0.4) is 0 Å². The van der Waals surface area contributed by atoms with Crippen molar-refractivity contribution >= 4 is 39.1 Å². The number of alkyl halides is 3. The molecule has 7 nitrogen and oxygen atoms in total. The number of hydrogen-bond acceptors (Lipinski definition) is 5. The molecule has 0 spiro atoms. The van der Waals surface area contributed by atoms with Gasteiger partial charge in [-0.1, -0.05) is 13.0 Å². The number of anilines is 1. The second-order valence-electron chi connectivity index (χ2n) is 8.51. The fraction of sp³-hybridized carbons (Fsp3) is 0.391. The molecule has 4 rings (SSSR count). The van der Waals surface area contributed by atoms with Crippen LogP contribution in [0.4, 0.5) is 18.9 Å². The van der Waals surface area contributed by atoms with E-state index in [0.29, 0.717) is 29.4 Å². The first-order valence-electron chi connectivity index (χ1n) is 10.8. The molecule has 0 aliphatic carbocycles. The Hall–Kier alpha value is -3.21. The molecule has 34 heavy (non-hydrogen) atoms. The molecule has 2 aromatic heterocycles. The minimum absolute atomic E-state index is 0.0107. The summed E-state index contributed by atoms with van der Waals surface area (Å²) >= 11 is 0.977. The average molecular weight is 493 g/mol. The molecular weight excluding hydrogens is 469 g/mol. The maximum absolute atomic E-state index is 13.1. The number of amides is 2. The van der Waals surface area contributed by atoms with Gasteiger partial charge in [-0.05, 0) is 49.4 Å². The number of thiophene rings is 1. The number of rotatable bonds is 4. The van der Waals surface area contributed by atoms with Crippen LogP contribution in [-0.2, 0) is 17.5 Å². The first-order chi connectivity index (χ1) is 16.0. The van der Waals surface area contributed by atoms with E-state index in [1.165, 1.54) is 23.0 Å². The number of likely N-dealkylation sites (tertiary alicyclic amines) is 1. The van der Waals surface area contributed by atoms with Gasteiger partial charge in [0.2, 0.25) is 5.91 Å². The third-order valence-corrected chi connectivity index (χ3v) is 7.21. The van der Waals surface area contributed by atoms with E-state index < -0.39 is 23.2 Å². The number of aryl methyl sites for hydroxylation is 1. The molecule has 0 bridgehead atoms. The van der Waals surface area contributed by atoms with Crippen LogP contribution in [0.5, 0.6) is 0 Å². The van der Waals surface area contributed by atoms with Gasteiger partial charge in [0.05, 0.1) is 22.2 Å². The average Bonchev–Trinajstić information content (AvgIpc) is 3.13. The van der Waals surface area contributed by atoms with E-state index in [9.17, 15) is 27.6 Å². The van der Waals surface area contributed by atoms with Gasteiger partial charge in [0.15, 0.2) is 0 Å². The lowest BCUT2D eigenvalue weighted by Crippen LogP contribution is -2.41. The van der Waals surface area contributed by atoms with Crippen molar-refractivity contribution in [3.63, 3.8) is 0 Å². The molecule has 1 N–H and O–H groups in total. The summed E-state index contributed by atoms with van der Waals surface area (Å²) in [5.74, 6) is -0.228. The monoisotopic (exact) mass is 492 g/mol. The number of fused-ring (bicyclic) bond motifs is 1. The zero-order valence-corrected chi connectivity index (χ0v) is 19.4. The molecule has 0 atom stereocenters. The van der Waals surface area contributed by atoms with Crippen LogP contribution >= 0.6 is 11.3 Å². The predicted octanol–water partition coefficient (Wildman–Crippen LogP) is 4.30. The van der Waals surface area contributed by atoms with E-state index in [-0.39, 0.29) is 28.4 Å². The van der Waals surface area contributed by atoms with Crippen LogP contribution in [0.25, 0.3) is 10.2 Å². The highest BCUT2D eigenvalue weighted by Crippen LogP contribution is 2.32. The van der Waals surface area contributed by atoms with Crippen LogP contribution in [0.2, 0.25) is 0 Å². The molecule has 180 valence electrons. The topological polar surface area (TPSA) is 84.3 Å². The Balaban J connectivity index is 1.57. The fourth-order valence-corrected chi connectivity index (χ4v) is 4.99. The van der Waals surface area contributed by atoms with Crippen molar-refractivity contribution in [3.8, 4) is 0 Å². The summed E-state index contributed by atoms with van der Waals surface area (Å²) in [6.45, 7) is 4.89. The number of piperidine rings is 1. The van der Waals surface area contributed by atoms with Crippen LogP contribution in [0.1, 0.15) is 40.6 Å². The van der Waals surface area contributed by atoms with Gasteiger partial charge in [-0.2, -0.15) is 13.2 Å². The molecule has 0 radical (unpaired) electrons. The molecule has 3 aromatic rings. The van der Waals surface area contributed by atoms with Crippen LogP contribution in [0, 0.1) is 12.8 Å². The van der Waals surface area contributed by atoms with E-state index in [1.807, 2.05) is 0 Å². The summed E-state index contributed by atoms with van der Waals surface area (Å²) in [6.07, 6.45) is -1.40. The maximum atomic E-state index is 13.1. The summed E-state index contributed by atoms with van der Waals surface area (Å²) in [5, 5.41) is 2.68. The molecule has 0 unspecified atom stereocenters. The molecule has 11 heteroatoms. The van der Waals surface area contributed by atoms with Crippen molar-refractivity contribution in [1.29, 1.82) is 0 Å². The van der Waals surface area contributed by atoms with Gasteiger partial charge in [-0.15, -0.1) is 11.3 Å². The van der Waals surface area contributed by atoms with E-state index in [2.05, 4.69) is 17.2 Å². The lowest BCUT2D eigenvalue weighted by Gasteiger charge is -2.30. The number of carbonyl (C=O) groups is 2. The van der Waals surface area contributed by atoms with E-state index in [4.69, 9.17) is 0 Å². The fourth-order valence-electron chi connectivity index (χ4n) is 3.95. The highest BCUT2D eigenvalue weighted by molar-refractivity contribution is 7.20. The van der Waals surface area contributed by atoms with Gasteiger partial charge in [-0.25, -0.2) is 4.98 Å². The number of nitrogens with zero attached hydrogens (tertiary/aromatic N) is 3. The van der Waals surface area contributed by atoms with Crippen LogP contribution in [0.15, 0.2) is 35.4 Å². The zero-order valence-electron chi connectivity index (χ0n) is 18.6. The summed E-state index contributed by atoms with van der Waals surface area (Å²) in [6, 6.07) is 4.32. The van der Waals surface area contributed by atoms with Gasteiger partial charge in [0.25, 0.3) is 11.5 Å². The molecule has 1 saturated heterocycles. The standard InChI is InChI=1S/C23H23F3N4O3S/c1-13-6-8-29(9-7-13)17(31)11-30-12-27-21-18(22(30)33)14(2)19(34-21)20(32)28-16-5-3-4-15(10-16)23(24,25)26/h3-5,10,12-13H,6-9,11H2,1-2H3,(H,28,32). The highest BCUT2D eigenvalue weighted by atomic mass is 32.1. The smallest absolute Gasteiger partial charge is 0.341 e. The Morgan fingerprint density at radius 3 is 2.62 bits per heavy atom. The zero-order chi connectivity index (χ0) is 24.6. The summed E-state index contributed by atoms with van der Waals surface area (Å²) in [4.78, 5) is 45.0. The van der Waals surface area contributed by atoms with Crippen molar-refractivity contribution in [2.24, 2.45) is 5.92 Å². The number of hydrogen-bond donors (Lipinski definition) is 1. The number of nitrogens with one attached hydrogen (secondary N) is 1. The van der Waals surface area contributed by atoms with Crippen molar-refractivity contribution in [2.45, 2.75) is 39.4 Å². The lowest BCUT2D eigenvalue weighted by atomic mass is 9.99. The van der Waals surface area contributed by atoms with E-state index >= 15 is 0 Å². The first kappa shape index (κ1) is 23.9. The second-order valence-corrected chi connectivity index (χ2v) is 9.51. The van der Waals surface area contributed by atoms with Crippen LogP contribution in [-0.4, -0.2) is 39.4 Å². The number of benzene rings is 1. The minimum Gasteiger partial charge on any atom is -0.341 e. The SMILES string of the molecule is Cc1c(C(=O)Nc2cccc(C(F)(F)F)c2)sc2ncn(CC(=O)N3CCC(C)CC3)c(=O)c12. The predicted molar refractivity (Wildman–Crippen MR) is 123 cm³/mol. The number of carbonyl (C=O) groups excluding carboxylic acids is 2. The van der Waals surface area contributed by atoms with Gasteiger partial charge in [0, 0.05) is 18.8 Å². The minimum atomic E-state index is -4.53.